The zero-order valence-corrected chi connectivity index (χ0v) is 15.1. The van der Waals surface area contributed by atoms with E-state index >= 15 is 0 Å². The molecule has 0 aliphatic carbocycles. The minimum atomic E-state index is -0.612. The van der Waals surface area contributed by atoms with Crippen LogP contribution in [0.1, 0.15) is 11.3 Å². The van der Waals surface area contributed by atoms with Gasteiger partial charge in [-0.05, 0) is 37.6 Å². The Balaban J connectivity index is 1.58. The molecule has 0 unspecified atom stereocenters. The molecule has 132 valence electrons. The quantitative estimate of drug-likeness (QED) is 0.688. The molecule has 0 atom stereocenters. The van der Waals surface area contributed by atoms with Gasteiger partial charge in [0.15, 0.2) is 0 Å². The summed E-state index contributed by atoms with van der Waals surface area (Å²) < 4.78 is 0. The van der Waals surface area contributed by atoms with Gasteiger partial charge in [0.05, 0.1) is 22.5 Å². The van der Waals surface area contributed by atoms with E-state index in [0.29, 0.717) is 10.8 Å². The molecule has 0 aliphatic rings. The van der Waals surface area contributed by atoms with E-state index < -0.39 is 11.9 Å². The number of anilines is 1. The highest BCUT2D eigenvalue weighted by Gasteiger charge is 2.12. The van der Waals surface area contributed by atoms with Crippen LogP contribution < -0.4 is 10.6 Å². The number of nitrogens with zero attached hydrogens (tertiary/aromatic N) is 3. The van der Waals surface area contributed by atoms with Crippen molar-refractivity contribution in [1.29, 1.82) is 0 Å². The number of aryl methyl sites for hydroxylation is 2. The zero-order valence-electron chi connectivity index (χ0n) is 14.3. The van der Waals surface area contributed by atoms with Crippen LogP contribution in [-0.2, 0) is 4.79 Å². The van der Waals surface area contributed by atoms with E-state index in [0.717, 1.165) is 22.3 Å². The number of hydrogen-bond acceptors (Lipinski definition) is 6. The Bertz CT molecular complexity index is 977. The number of para-hydroxylation sites is 2. The van der Waals surface area contributed by atoms with Crippen LogP contribution in [0.5, 0.6) is 0 Å². The van der Waals surface area contributed by atoms with Crippen LogP contribution >= 0.6 is 11.8 Å². The molecule has 0 saturated carbocycles. The smallest absolute Gasteiger partial charge is 0.292 e. The predicted molar refractivity (Wildman–Crippen MR) is 101 cm³/mol. The van der Waals surface area contributed by atoms with Crippen molar-refractivity contribution < 1.29 is 9.59 Å². The summed E-state index contributed by atoms with van der Waals surface area (Å²) in [5.41, 5.74) is 3.13. The summed E-state index contributed by atoms with van der Waals surface area (Å²) in [6.45, 7) is 3.66. The summed E-state index contributed by atoms with van der Waals surface area (Å²) in [4.78, 5) is 37.0. The lowest BCUT2D eigenvalue weighted by Gasteiger charge is -2.08. The molecule has 3 rings (SSSR count). The summed E-state index contributed by atoms with van der Waals surface area (Å²) in [6, 6.07) is 10.5. The van der Waals surface area contributed by atoms with Gasteiger partial charge in [-0.2, -0.15) is 0 Å². The van der Waals surface area contributed by atoms with E-state index in [2.05, 4.69) is 25.6 Å². The Morgan fingerprint density at radius 1 is 1.04 bits per heavy atom. The fraction of sp³-hybridized carbons (Fsp3) is 0.167. The fourth-order valence-corrected chi connectivity index (χ4v) is 3.02. The maximum Gasteiger partial charge on any atom is 0.327 e. The number of amides is 3. The van der Waals surface area contributed by atoms with Crippen LogP contribution in [0.15, 0.2) is 47.6 Å². The number of hydrogen-bond donors (Lipinski definition) is 2. The van der Waals surface area contributed by atoms with E-state index in [1.165, 1.54) is 11.8 Å². The minimum absolute atomic E-state index is 0.0580. The average molecular weight is 367 g/mol. The first-order chi connectivity index (χ1) is 12.5. The molecule has 0 saturated heterocycles. The van der Waals surface area contributed by atoms with Gasteiger partial charge >= 0.3 is 6.03 Å². The van der Waals surface area contributed by atoms with Gasteiger partial charge in [-0.15, -0.1) is 0 Å². The van der Waals surface area contributed by atoms with Crippen molar-refractivity contribution in [3.05, 3.63) is 53.9 Å². The number of carbonyl (C=O) groups is 2. The molecule has 2 N–H and O–H groups in total. The summed E-state index contributed by atoms with van der Waals surface area (Å²) in [6.07, 6.45) is 1.57. The van der Waals surface area contributed by atoms with Gasteiger partial charge in [-0.1, -0.05) is 30.0 Å². The molecule has 0 spiro atoms. The van der Waals surface area contributed by atoms with Gasteiger partial charge in [-0.3, -0.25) is 15.4 Å². The van der Waals surface area contributed by atoms with Gasteiger partial charge in [0.2, 0.25) is 5.91 Å². The van der Waals surface area contributed by atoms with E-state index in [9.17, 15) is 9.59 Å². The van der Waals surface area contributed by atoms with Gasteiger partial charge in [0.25, 0.3) is 0 Å². The second kappa shape index (κ2) is 7.92. The Kier molecular flexibility index (Phi) is 5.43. The molecule has 0 bridgehead atoms. The normalized spacial score (nSPS) is 10.5. The molecule has 3 amide bonds. The van der Waals surface area contributed by atoms with Crippen molar-refractivity contribution in [3.8, 4) is 0 Å². The molecule has 0 aliphatic heterocycles. The van der Waals surface area contributed by atoms with Gasteiger partial charge in [0.1, 0.15) is 10.8 Å². The summed E-state index contributed by atoms with van der Waals surface area (Å²) >= 11 is 1.24. The number of fused-ring (bicyclic) bond motifs is 1. The number of nitrogens with one attached hydrogen (secondary N) is 2. The number of pyridine rings is 1. The third kappa shape index (κ3) is 4.34. The molecule has 8 heteroatoms. The molecule has 7 nitrogen and oxygen atoms in total. The highest BCUT2D eigenvalue weighted by molar-refractivity contribution is 7.99. The van der Waals surface area contributed by atoms with Crippen LogP contribution in [0.3, 0.4) is 0 Å². The van der Waals surface area contributed by atoms with Crippen molar-refractivity contribution in [2.24, 2.45) is 0 Å². The highest BCUT2D eigenvalue weighted by Crippen LogP contribution is 2.21. The largest absolute Gasteiger partial charge is 0.327 e. The average Bonchev–Trinajstić information content (AvgIpc) is 2.62. The second-order valence-corrected chi connectivity index (χ2v) is 6.53. The Labute approximate surface area is 154 Å². The number of rotatable bonds is 4. The van der Waals surface area contributed by atoms with Crippen LogP contribution in [0, 0.1) is 13.8 Å². The zero-order chi connectivity index (χ0) is 18.5. The van der Waals surface area contributed by atoms with Crippen LogP contribution in [-0.4, -0.2) is 32.6 Å². The SMILES string of the molecule is Cc1cccnc1NC(=O)NC(=O)CSc1nc2ccccc2nc1C. The molecule has 2 aromatic heterocycles. The lowest BCUT2D eigenvalue weighted by Crippen LogP contribution is -2.35. The number of aromatic nitrogens is 3. The molecule has 3 aromatic rings. The van der Waals surface area contributed by atoms with E-state index in [4.69, 9.17) is 0 Å². The first-order valence-corrected chi connectivity index (χ1v) is 8.90. The molecule has 2 heterocycles. The van der Waals surface area contributed by atoms with Crippen molar-refractivity contribution in [2.75, 3.05) is 11.1 Å². The lowest BCUT2D eigenvalue weighted by molar-refractivity contribution is -0.117. The molecular weight excluding hydrogens is 350 g/mol. The minimum Gasteiger partial charge on any atom is -0.292 e. The summed E-state index contributed by atoms with van der Waals surface area (Å²) in [7, 11) is 0. The van der Waals surface area contributed by atoms with Crippen LogP contribution in [0.2, 0.25) is 0 Å². The maximum absolute atomic E-state index is 12.0. The lowest BCUT2D eigenvalue weighted by atomic mass is 10.3. The Morgan fingerprint density at radius 2 is 1.77 bits per heavy atom. The molecule has 1 aromatic carbocycles. The van der Waals surface area contributed by atoms with Crippen molar-refractivity contribution in [3.63, 3.8) is 0 Å². The highest BCUT2D eigenvalue weighted by atomic mass is 32.2. The van der Waals surface area contributed by atoms with Gasteiger partial charge < -0.3 is 0 Å². The number of carbonyl (C=O) groups excluding carboxylic acids is 2. The number of thioether (sulfide) groups is 1. The topological polar surface area (TPSA) is 96.9 Å². The van der Waals surface area contributed by atoms with Crippen LogP contribution in [0.4, 0.5) is 10.6 Å². The fourth-order valence-electron chi connectivity index (χ4n) is 2.26. The predicted octanol–water partition coefficient (Wildman–Crippen LogP) is 3.08. The third-order valence-electron chi connectivity index (χ3n) is 3.54. The molecule has 0 fully saturated rings. The first-order valence-electron chi connectivity index (χ1n) is 7.91. The van der Waals surface area contributed by atoms with Crippen molar-refractivity contribution in [2.45, 2.75) is 18.9 Å². The Hall–Kier alpha value is -3.00. The van der Waals surface area contributed by atoms with Crippen molar-refractivity contribution in [1.82, 2.24) is 20.3 Å². The molecular formula is C18H17N5O2S. The number of urea groups is 1. The summed E-state index contributed by atoms with van der Waals surface area (Å²) in [5.74, 6) is 0.0554. The molecule has 0 radical (unpaired) electrons. The summed E-state index contributed by atoms with van der Waals surface area (Å²) in [5, 5.41) is 5.51. The Morgan fingerprint density at radius 3 is 2.50 bits per heavy atom. The van der Waals surface area contributed by atoms with Crippen molar-refractivity contribution >= 4 is 40.6 Å². The second-order valence-electron chi connectivity index (χ2n) is 5.56. The van der Waals surface area contributed by atoms with Gasteiger partial charge in [0, 0.05) is 6.20 Å². The van der Waals surface area contributed by atoms with Crippen LogP contribution in [0.25, 0.3) is 11.0 Å². The molecule has 26 heavy (non-hydrogen) atoms. The maximum atomic E-state index is 12.0. The van der Waals surface area contributed by atoms with E-state index in [-0.39, 0.29) is 5.75 Å². The monoisotopic (exact) mass is 367 g/mol. The number of benzene rings is 1. The van der Waals surface area contributed by atoms with Gasteiger partial charge in [-0.25, -0.2) is 19.7 Å². The van der Waals surface area contributed by atoms with E-state index in [1.54, 1.807) is 12.3 Å². The standard InChI is InChI=1S/C18H17N5O2S/c1-11-6-5-9-19-16(11)23-18(25)22-15(24)10-26-17-12(2)20-13-7-3-4-8-14(13)21-17/h3-9H,10H2,1-2H3,(H2,19,22,23,24,25). The van der Waals surface area contributed by atoms with E-state index in [1.807, 2.05) is 44.2 Å². The number of imide groups is 1. The third-order valence-corrected chi connectivity index (χ3v) is 4.60. The first kappa shape index (κ1) is 17.8.